The second kappa shape index (κ2) is 10.4. The predicted molar refractivity (Wildman–Crippen MR) is 126 cm³/mol. The molecule has 2 aromatic rings. The van der Waals surface area contributed by atoms with Crippen molar-refractivity contribution in [3.8, 4) is 11.5 Å². The molecule has 32 heavy (non-hydrogen) atoms. The first-order valence-electron chi connectivity index (χ1n) is 10.1. The molecule has 1 saturated heterocycles. The molecule has 0 spiro atoms. The molecule has 1 fully saturated rings. The van der Waals surface area contributed by atoms with Crippen molar-refractivity contribution in [3.05, 3.63) is 48.5 Å². The van der Waals surface area contributed by atoms with Crippen LogP contribution in [0.3, 0.4) is 0 Å². The van der Waals surface area contributed by atoms with E-state index in [1.54, 1.807) is 29.2 Å². The van der Waals surface area contributed by atoms with Crippen molar-refractivity contribution in [2.45, 2.75) is 24.0 Å². The van der Waals surface area contributed by atoms with Crippen LogP contribution in [0.15, 0.2) is 58.4 Å². The van der Waals surface area contributed by atoms with Gasteiger partial charge in [0.2, 0.25) is 10.0 Å². The van der Waals surface area contributed by atoms with Crippen molar-refractivity contribution >= 4 is 38.5 Å². The number of rotatable bonds is 8. The summed E-state index contributed by atoms with van der Waals surface area (Å²) in [6.45, 7) is 4.71. The molecule has 0 aromatic heterocycles. The lowest BCUT2D eigenvalue weighted by atomic mass is 10.3. The van der Waals surface area contributed by atoms with E-state index in [0.29, 0.717) is 35.5 Å². The molecule has 8 nitrogen and oxygen atoms in total. The van der Waals surface area contributed by atoms with E-state index in [4.69, 9.17) is 9.47 Å². The van der Waals surface area contributed by atoms with E-state index in [1.807, 2.05) is 26.0 Å². The average molecular weight is 478 g/mol. The molecule has 0 radical (unpaired) electrons. The second-order valence-corrected chi connectivity index (χ2v) is 10.8. The number of hydrogen-bond acceptors (Lipinski definition) is 7. The summed E-state index contributed by atoms with van der Waals surface area (Å²) in [6, 6.07) is 13.6. The van der Waals surface area contributed by atoms with Gasteiger partial charge in [-0.25, -0.2) is 17.7 Å². The third-order valence-electron chi connectivity index (χ3n) is 4.60. The number of carbonyl (C=O) groups is 1. The Balaban J connectivity index is 1.78. The molecule has 1 aliphatic rings. The minimum Gasteiger partial charge on any atom is -0.490 e. The quantitative estimate of drug-likeness (QED) is 0.579. The molecule has 1 unspecified atom stereocenters. The largest absolute Gasteiger partial charge is 0.490 e. The van der Waals surface area contributed by atoms with E-state index < -0.39 is 10.0 Å². The van der Waals surface area contributed by atoms with Gasteiger partial charge >= 0.3 is 0 Å². The number of benzene rings is 2. The van der Waals surface area contributed by atoms with E-state index in [0.717, 1.165) is 4.31 Å². The monoisotopic (exact) mass is 477 g/mol. The molecule has 2 aromatic carbocycles. The number of hydrogen-bond donors (Lipinski definition) is 0. The van der Waals surface area contributed by atoms with Gasteiger partial charge in [0.1, 0.15) is 0 Å². The summed E-state index contributed by atoms with van der Waals surface area (Å²) in [5, 5.41) is 0.672. The van der Waals surface area contributed by atoms with Gasteiger partial charge in [-0.2, -0.15) is 0 Å². The summed E-state index contributed by atoms with van der Waals surface area (Å²) in [5.41, 5.74) is 0.463. The van der Waals surface area contributed by atoms with Gasteiger partial charge in [-0.15, -0.1) is 0 Å². The van der Waals surface area contributed by atoms with Crippen LogP contribution < -0.4 is 9.47 Å². The number of thioether (sulfide) groups is 1. The number of nitrogens with zero attached hydrogens (tertiary/aromatic N) is 3. The minimum atomic E-state index is -3.58. The van der Waals surface area contributed by atoms with Crippen LogP contribution in [0, 0.1) is 0 Å². The van der Waals surface area contributed by atoms with E-state index in [-0.39, 0.29) is 22.7 Å². The highest BCUT2D eigenvalue weighted by molar-refractivity contribution is 8.14. The maximum atomic E-state index is 12.9. The number of ether oxygens (including phenoxy) is 2. The summed E-state index contributed by atoms with van der Waals surface area (Å²) in [4.78, 5) is 19.2. The molecule has 1 atom stereocenters. The fourth-order valence-corrected chi connectivity index (χ4v) is 4.99. The van der Waals surface area contributed by atoms with E-state index >= 15 is 0 Å². The lowest BCUT2D eigenvalue weighted by molar-refractivity contribution is -0.129. The van der Waals surface area contributed by atoms with E-state index in [9.17, 15) is 13.2 Å². The second-order valence-electron chi connectivity index (χ2n) is 7.28. The zero-order valence-electron chi connectivity index (χ0n) is 18.5. The summed E-state index contributed by atoms with van der Waals surface area (Å²) in [5.74, 6) is 0.853. The number of amides is 1. The first kappa shape index (κ1) is 24.1. The lowest BCUT2D eigenvalue weighted by Gasteiger charge is -2.17. The van der Waals surface area contributed by atoms with Crippen LogP contribution in [0.1, 0.15) is 13.8 Å². The van der Waals surface area contributed by atoms with Gasteiger partial charge in [-0.1, -0.05) is 36.9 Å². The Labute approximate surface area is 193 Å². The van der Waals surface area contributed by atoms with Crippen molar-refractivity contribution in [3.63, 3.8) is 0 Å². The molecule has 0 bridgehead atoms. The maximum absolute atomic E-state index is 12.9. The number of sulfonamides is 1. The lowest BCUT2D eigenvalue weighted by Crippen LogP contribution is -2.36. The van der Waals surface area contributed by atoms with Crippen molar-refractivity contribution in [1.29, 1.82) is 0 Å². The van der Waals surface area contributed by atoms with E-state index in [1.165, 1.54) is 38.0 Å². The smallest absolute Gasteiger partial charge is 0.266 e. The topological polar surface area (TPSA) is 88.5 Å². The van der Waals surface area contributed by atoms with E-state index in [2.05, 4.69) is 4.99 Å². The van der Waals surface area contributed by atoms with Crippen LogP contribution in [0.4, 0.5) is 5.69 Å². The zero-order valence-corrected chi connectivity index (χ0v) is 20.1. The highest BCUT2D eigenvalue weighted by Crippen LogP contribution is 2.30. The molecule has 172 valence electrons. The molecule has 1 amide bonds. The summed E-state index contributed by atoms with van der Waals surface area (Å²) >= 11 is 1.46. The Kier molecular flexibility index (Phi) is 7.81. The Hall–Kier alpha value is -2.56. The van der Waals surface area contributed by atoms with Crippen molar-refractivity contribution in [2.75, 3.05) is 33.9 Å². The summed E-state index contributed by atoms with van der Waals surface area (Å²) < 4.78 is 37.3. The van der Waals surface area contributed by atoms with Crippen molar-refractivity contribution in [2.24, 2.45) is 4.99 Å². The third-order valence-corrected chi connectivity index (χ3v) is 7.48. The number of amidine groups is 1. The molecule has 0 N–H and O–H groups in total. The molecule has 1 heterocycles. The molecule has 0 aliphatic carbocycles. The Morgan fingerprint density at radius 1 is 1.16 bits per heavy atom. The number of aliphatic imine (C=N–C) groups is 1. The normalized spacial score (nSPS) is 17.7. The van der Waals surface area contributed by atoms with Gasteiger partial charge in [0.05, 0.1) is 17.2 Å². The van der Waals surface area contributed by atoms with Crippen LogP contribution in [-0.4, -0.2) is 67.8 Å². The summed E-state index contributed by atoms with van der Waals surface area (Å²) in [7, 11) is -0.620. The van der Waals surface area contributed by atoms with Crippen molar-refractivity contribution in [1.82, 2.24) is 9.21 Å². The first-order valence-corrected chi connectivity index (χ1v) is 12.5. The van der Waals surface area contributed by atoms with Gasteiger partial charge in [-0.3, -0.25) is 9.69 Å². The highest BCUT2D eigenvalue weighted by Gasteiger charge is 2.31. The van der Waals surface area contributed by atoms with Gasteiger partial charge in [0.15, 0.2) is 23.3 Å². The Bertz CT molecular complexity index is 1100. The SMILES string of the molecule is CCOc1ccccc1OCC(=O)N1CC(C)SC1=Nc1cccc(S(=O)(=O)N(C)C)c1. The van der Waals surface area contributed by atoms with Crippen LogP contribution in [-0.2, 0) is 14.8 Å². The van der Waals surface area contributed by atoms with Crippen LogP contribution in [0.2, 0.25) is 0 Å². The zero-order chi connectivity index (χ0) is 23.3. The molecule has 10 heteroatoms. The standard InChI is InChI=1S/C22H27N3O5S2/c1-5-29-19-11-6-7-12-20(19)30-15-21(26)25-14-16(2)31-22(25)23-17-9-8-10-18(13-17)32(27,28)24(3)4/h6-13,16H,5,14-15H2,1-4H3. The van der Waals surface area contributed by atoms with Gasteiger partial charge in [0, 0.05) is 25.9 Å². The van der Waals surface area contributed by atoms with Gasteiger partial charge in [0.25, 0.3) is 5.91 Å². The molecular weight excluding hydrogens is 450 g/mol. The van der Waals surface area contributed by atoms with Gasteiger partial charge < -0.3 is 9.47 Å². The first-order chi connectivity index (χ1) is 15.2. The fourth-order valence-electron chi connectivity index (χ4n) is 3.01. The van der Waals surface area contributed by atoms with Crippen molar-refractivity contribution < 1.29 is 22.7 Å². The molecular formula is C22H27N3O5S2. The number of para-hydroxylation sites is 2. The van der Waals surface area contributed by atoms with Crippen LogP contribution >= 0.6 is 11.8 Å². The molecule has 1 aliphatic heterocycles. The van der Waals surface area contributed by atoms with Crippen LogP contribution in [0.25, 0.3) is 0 Å². The van der Waals surface area contributed by atoms with Crippen LogP contribution in [0.5, 0.6) is 11.5 Å². The van der Waals surface area contributed by atoms with Gasteiger partial charge in [-0.05, 0) is 37.3 Å². The Morgan fingerprint density at radius 3 is 2.50 bits per heavy atom. The minimum absolute atomic E-state index is 0.147. The fraction of sp³-hybridized carbons (Fsp3) is 0.364. The molecule has 3 rings (SSSR count). The molecule has 0 saturated carbocycles. The highest BCUT2D eigenvalue weighted by atomic mass is 32.2. The predicted octanol–water partition coefficient (Wildman–Crippen LogP) is 3.37. The average Bonchev–Trinajstić information content (AvgIpc) is 3.13. The Morgan fingerprint density at radius 2 is 1.84 bits per heavy atom. The summed E-state index contributed by atoms with van der Waals surface area (Å²) in [6.07, 6.45) is 0. The number of carbonyl (C=O) groups excluding carboxylic acids is 1. The maximum Gasteiger partial charge on any atom is 0.266 e. The third kappa shape index (κ3) is 5.62.